The summed E-state index contributed by atoms with van der Waals surface area (Å²) in [6.45, 7) is 2.61. The lowest BCUT2D eigenvalue weighted by molar-refractivity contribution is -0.137. The van der Waals surface area contributed by atoms with Gasteiger partial charge in [-0.15, -0.1) is 0 Å². The Labute approximate surface area is 136 Å². The van der Waals surface area contributed by atoms with E-state index in [9.17, 15) is 9.59 Å². The standard InChI is InChI=1S/C19H21NO3/c1-2-16-10-6-7-11-17(16)19(23)20(13-12-18(21)22)14-15-8-4-3-5-9-15/h3-11H,2,12-14H2,1H3,(H,21,22). The summed E-state index contributed by atoms with van der Waals surface area (Å²) in [6.07, 6.45) is 0.701. The molecular formula is C19H21NO3. The van der Waals surface area contributed by atoms with Crippen LogP contribution in [0.2, 0.25) is 0 Å². The van der Waals surface area contributed by atoms with E-state index in [4.69, 9.17) is 5.11 Å². The van der Waals surface area contributed by atoms with E-state index in [2.05, 4.69) is 0 Å². The van der Waals surface area contributed by atoms with Gasteiger partial charge in [-0.3, -0.25) is 9.59 Å². The fourth-order valence-electron chi connectivity index (χ4n) is 2.49. The first-order chi connectivity index (χ1) is 11.1. The van der Waals surface area contributed by atoms with Crippen molar-refractivity contribution < 1.29 is 14.7 Å². The zero-order valence-electron chi connectivity index (χ0n) is 13.2. The molecule has 0 atom stereocenters. The third-order valence-electron chi connectivity index (χ3n) is 3.73. The Morgan fingerprint density at radius 1 is 1.00 bits per heavy atom. The first kappa shape index (κ1) is 16.7. The molecule has 0 saturated carbocycles. The molecule has 23 heavy (non-hydrogen) atoms. The molecule has 0 aliphatic heterocycles. The second-order valence-corrected chi connectivity index (χ2v) is 5.37. The summed E-state index contributed by atoms with van der Waals surface area (Å²) in [7, 11) is 0. The molecule has 2 rings (SSSR count). The lowest BCUT2D eigenvalue weighted by Crippen LogP contribution is -2.33. The smallest absolute Gasteiger partial charge is 0.305 e. The van der Waals surface area contributed by atoms with E-state index in [0.29, 0.717) is 12.1 Å². The molecule has 0 aliphatic rings. The minimum Gasteiger partial charge on any atom is -0.481 e. The molecule has 0 bridgehead atoms. The van der Waals surface area contributed by atoms with Crippen LogP contribution in [0, 0.1) is 0 Å². The summed E-state index contributed by atoms with van der Waals surface area (Å²) < 4.78 is 0. The number of hydrogen-bond donors (Lipinski definition) is 1. The van der Waals surface area contributed by atoms with Crippen molar-refractivity contribution in [3.8, 4) is 0 Å². The second-order valence-electron chi connectivity index (χ2n) is 5.37. The Bertz CT molecular complexity index is 667. The number of carbonyl (C=O) groups excluding carboxylic acids is 1. The monoisotopic (exact) mass is 311 g/mol. The molecule has 0 heterocycles. The maximum atomic E-state index is 12.9. The fourth-order valence-corrected chi connectivity index (χ4v) is 2.49. The molecule has 0 saturated heterocycles. The third-order valence-corrected chi connectivity index (χ3v) is 3.73. The van der Waals surface area contributed by atoms with Crippen molar-refractivity contribution in [1.82, 2.24) is 4.90 Å². The van der Waals surface area contributed by atoms with E-state index in [1.54, 1.807) is 11.0 Å². The highest BCUT2D eigenvalue weighted by Crippen LogP contribution is 2.15. The zero-order valence-corrected chi connectivity index (χ0v) is 13.2. The summed E-state index contributed by atoms with van der Waals surface area (Å²) in [4.78, 5) is 25.4. The summed E-state index contributed by atoms with van der Waals surface area (Å²) in [5.41, 5.74) is 2.61. The average molecular weight is 311 g/mol. The van der Waals surface area contributed by atoms with Crippen LogP contribution in [-0.2, 0) is 17.8 Å². The van der Waals surface area contributed by atoms with Gasteiger partial charge in [0.2, 0.25) is 0 Å². The van der Waals surface area contributed by atoms with Gasteiger partial charge in [0.15, 0.2) is 0 Å². The Morgan fingerprint density at radius 3 is 2.30 bits per heavy atom. The van der Waals surface area contributed by atoms with Crippen molar-refractivity contribution in [2.24, 2.45) is 0 Å². The molecule has 1 N–H and O–H groups in total. The fraction of sp³-hybridized carbons (Fsp3) is 0.263. The number of nitrogens with zero attached hydrogens (tertiary/aromatic N) is 1. The van der Waals surface area contributed by atoms with Crippen molar-refractivity contribution in [1.29, 1.82) is 0 Å². The van der Waals surface area contributed by atoms with Crippen LogP contribution in [0.5, 0.6) is 0 Å². The van der Waals surface area contributed by atoms with Gasteiger partial charge < -0.3 is 10.0 Å². The minimum atomic E-state index is -0.903. The molecule has 4 heteroatoms. The highest BCUT2D eigenvalue weighted by atomic mass is 16.4. The lowest BCUT2D eigenvalue weighted by atomic mass is 10.0. The topological polar surface area (TPSA) is 57.6 Å². The lowest BCUT2D eigenvalue weighted by Gasteiger charge is -2.23. The van der Waals surface area contributed by atoms with E-state index < -0.39 is 5.97 Å². The SMILES string of the molecule is CCc1ccccc1C(=O)N(CCC(=O)O)Cc1ccccc1. The number of rotatable bonds is 7. The third kappa shape index (κ3) is 4.68. The van der Waals surface area contributed by atoms with Gasteiger partial charge in [0, 0.05) is 18.7 Å². The second kappa shape index (κ2) is 8.13. The van der Waals surface area contributed by atoms with E-state index in [-0.39, 0.29) is 18.9 Å². The predicted molar refractivity (Wildman–Crippen MR) is 89.3 cm³/mol. The maximum absolute atomic E-state index is 12.9. The average Bonchev–Trinajstić information content (AvgIpc) is 2.58. The van der Waals surface area contributed by atoms with Crippen LogP contribution in [-0.4, -0.2) is 28.4 Å². The molecule has 120 valence electrons. The molecule has 0 spiro atoms. The van der Waals surface area contributed by atoms with Crippen molar-refractivity contribution in [2.75, 3.05) is 6.54 Å². The quantitative estimate of drug-likeness (QED) is 0.853. The van der Waals surface area contributed by atoms with Gasteiger partial charge in [-0.25, -0.2) is 0 Å². The number of aryl methyl sites for hydroxylation is 1. The van der Waals surface area contributed by atoms with Gasteiger partial charge >= 0.3 is 5.97 Å². The van der Waals surface area contributed by atoms with E-state index >= 15 is 0 Å². The maximum Gasteiger partial charge on any atom is 0.305 e. The molecule has 0 radical (unpaired) electrons. The van der Waals surface area contributed by atoms with E-state index in [1.165, 1.54) is 0 Å². The molecule has 0 unspecified atom stereocenters. The van der Waals surface area contributed by atoms with Crippen molar-refractivity contribution in [2.45, 2.75) is 26.3 Å². The number of hydrogen-bond acceptors (Lipinski definition) is 2. The molecule has 0 aromatic heterocycles. The van der Waals surface area contributed by atoms with Crippen LogP contribution >= 0.6 is 0 Å². The molecular weight excluding hydrogens is 290 g/mol. The van der Waals surface area contributed by atoms with Gasteiger partial charge in [0.25, 0.3) is 5.91 Å². The first-order valence-corrected chi connectivity index (χ1v) is 7.74. The summed E-state index contributed by atoms with van der Waals surface area (Å²) in [5.74, 6) is -1.02. The number of amides is 1. The Morgan fingerprint density at radius 2 is 1.65 bits per heavy atom. The van der Waals surface area contributed by atoms with Gasteiger partial charge in [-0.05, 0) is 23.6 Å². The van der Waals surface area contributed by atoms with Crippen molar-refractivity contribution in [3.63, 3.8) is 0 Å². The van der Waals surface area contributed by atoms with Gasteiger partial charge in [-0.1, -0.05) is 55.5 Å². The number of carboxylic acid groups (broad SMARTS) is 1. The van der Waals surface area contributed by atoms with Crippen molar-refractivity contribution in [3.05, 3.63) is 71.3 Å². The van der Waals surface area contributed by atoms with Gasteiger partial charge in [-0.2, -0.15) is 0 Å². The van der Waals surface area contributed by atoms with Crippen LogP contribution in [0.25, 0.3) is 0 Å². The van der Waals surface area contributed by atoms with Crippen LogP contribution in [0.15, 0.2) is 54.6 Å². The number of benzene rings is 2. The molecule has 2 aromatic rings. The highest BCUT2D eigenvalue weighted by Gasteiger charge is 2.19. The summed E-state index contributed by atoms with van der Waals surface area (Å²) in [5, 5.41) is 8.94. The van der Waals surface area contributed by atoms with Gasteiger partial charge in [0.1, 0.15) is 0 Å². The van der Waals surface area contributed by atoms with Crippen LogP contribution in [0.4, 0.5) is 0 Å². The number of aliphatic carboxylic acids is 1. The first-order valence-electron chi connectivity index (χ1n) is 7.74. The van der Waals surface area contributed by atoms with Crippen LogP contribution in [0.3, 0.4) is 0 Å². The highest BCUT2D eigenvalue weighted by molar-refractivity contribution is 5.95. The summed E-state index contributed by atoms with van der Waals surface area (Å²) >= 11 is 0. The van der Waals surface area contributed by atoms with E-state index in [0.717, 1.165) is 17.5 Å². The van der Waals surface area contributed by atoms with Crippen LogP contribution < -0.4 is 0 Å². The van der Waals surface area contributed by atoms with E-state index in [1.807, 2.05) is 55.5 Å². The Balaban J connectivity index is 2.24. The van der Waals surface area contributed by atoms with Crippen molar-refractivity contribution >= 4 is 11.9 Å². The Hall–Kier alpha value is -2.62. The predicted octanol–water partition coefficient (Wildman–Crippen LogP) is 3.37. The molecule has 4 nitrogen and oxygen atoms in total. The minimum absolute atomic E-state index is 0.0626. The number of carbonyl (C=O) groups is 2. The van der Waals surface area contributed by atoms with Gasteiger partial charge in [0.05, 0.1) is 6.42 Å². The largest absolute Gasteiger partial charge is 0.481 e. The normalized spacial score (nSPS) is 10.3. The zero-order chi connectivity index (χ0) is 16.7. The molecule has 1 amide bonds. The van der Waals surface area contributed by atoms with Crippen LogP contribution in [0.1, 0.15) is 34.8 Å². The number of carboxylic acids is 1. The molecule has 2 aromatic carbocycles. The molecule has 0 aliphatic carbocycles. The Kier molecular flexibility index (Phi) is 5.92. The molecule has 0 fully saturated rings. The summed E-state index contributed by atoms with van der Waals surface area (Å²) in [6, 6.07) is 17.1.